The molecule has 0 spiro atoms. The lowest BCUT2D eigenvalue weighted by Gasteiger charge is -2.21. The van der Waals surface area contributed by atoms with Crippen molar-refractivity contribution in [1.82, 2.24) is 5.32 Å². The number of benzene rings is 1. The summed E-state index contributed by atoms with van der Waals surface area (Å²) >= 11 is 0. The predicted molar refractivity (Wildman–Crippen MR) is 81.7 cm³/mol. The number of hydrogen-bond acceptors (Lipinski definition) is 4. The van der Waals surface area contributed by atoms with E-state index in [1.807, 2.05) is 30.3 Å². The van der Waals surface area contributed by atoms with Crippen LogP contribution in [-0.4, -0.2) is 37.4 Å². The SMILES string of the molecule is O=S(=O)(O)CCCN[C@H]1CCC[C@@H]1OCc1ccccc1. The van der Waals surface area contributed by atoms with E-state index >= 15 is 0 Å². The van der Waals surface area contributed by atoms with Gasteiger partial charge in [-0.05, 0) is 37.8 Å². The van der Waals surface area contributed by atoms with E-state index in [-0.39, 0.29) is 17.9 Å². The van der Waals surface area contributed by atoms with Crippen molar-refractivity contribution in [2.45, 2.75) is 44.4 Å². The Morgan fingerprint density at radius 3 is 2.71 bits per heavy atom. The van der Waals surface area contributed by atoms with Gasteiger partial charge in [-0.3, -0.25) is 4.55 Å². The van der Waals surface area contributed by atoms with Gasteiger partial charge in [-0.15, -0.1) is 0 Å². The average Bonchev–Trinajstić information content (AvgIpc) is 2.89. The topological polar surface area (TPSA) is 75.6 Å². The van der Waals surface area contributed by atoms with Crippen molar-refractivity contribution in [1.29, 1.82) is 0 Å². The minimum atomic E-state index is -3.85. The zero-order chi connectivity index (χ0) is 15.1. The van der Waals surface area contributed by atoms with Gasteiger partial charge in [0.1, 0.15) is 0 Å². The Morgan fingerprint density at radius 1 is 1.24 bits per heavy atom. The highest BCUT2D eigenvalue weighted by Gasteiger charge is 2.27. The molecule has 1 aliphatic carbocycles. The van der Waals surface area contributed by atoms with E-state index in [1.165, 1.54) is 0 Å². The van der Waals surface area contributed by atoms with E-state index in [2.05, 4.69) is 5.32 Å². The second-order valence-electron chi connectivity index (χ2n) is 5.47. The number of ether oxygens (including phenoxy) is 1. The third kappa shape index (κ3) is 6.13. The van der Waals surface area contributed by atoms with Crippen LogP contribution in [0.5, 0.6) is 0 Å². The second-order valence-corrected chi connectivity index (χ2v) is 7.04. The molecule has 1 saturated carbocycles. The lowest BCUT2D eigenvalue weighted by atomic mass is 10.2. The minimum Gasteiger partial charge on any atom is -0.372 e. The van der Waals surface area contributed by atoms with Crippen molar-refractivity contribution in [3.8, 4) is 0 Å². The lowest BCUT2D eigenvalue weighted by molar-refractivity contribution is 0.0280. The van der Waals surface area contributed by atoms with Crippen LogP contribution in [0.25, 0.3) is 0 Å². The maximum Gasteiger partial charge on any atom is 0.264 e. The van der Waals surface area contributed by atoms with Gasteiger partial charge in [0.2, 0.25) is 0 Å². The van der Waals surface area contributed by atoms with Gasteiger partial charge in [-0.1, -0.05) is 30.3 Å². The molecule has 2 N–H and O–H groups in total. The number of nitrogens with one attached hydrogen (secondary N) is 1. The van der Waals surface area contributed by atoms with Gasteiger partial charge in [0.25, 0.3) is 10.1 Å². The normalized spacial score (nSPS) is 22.5. The van der Waals surface area contributed by atoms with E-state index in [4.69, 9.17) is 9.29 Å². The quantitative estimate of drug-likeness (QED) is 0.567. The van der Waals surface area contributed by atoms with Crippen molar-refractivity contribution in [2.24, 2.45) is 0 Å². The van der Waals surface area contributed by atoms with Crippen LogP contribution in [0.3, 0.4) is 0 Å². The summed E-state index contributed by atoms with van der Waals surface area (Å²) in [5.41, 5.74) is 1.16. The molecule has 1 aromatic rings. The van der Waals surface area contributed by atoms with Crippen LogP contribution < -0.4 is 5.32 Å². The maximum absolute atomic E-state index is 10.7. The van der Waals surface area contributed by atoms with E-state index in [0.717, 1.165) is 24.8 Å². The van der Waals surface area contributed by atoms with Crippen LogP contribution in [0, 0.1) is 0 Å². The fraction of sp³-hybridized carbons (Fsp3) is 0.600. The number of hydrogen-bond donors (Lipinski definition) is 2. The first-order chi connectivity index (χ1) is 10.0. The van der Waals surface area contributed by atoms with Crippen LogP contribution in [0.2, 0.25) is 0 Å². The van der Waals surface area contributed by atoms with Gasteiger partial charge >= 0.3 is 0 Å². The van der Waals surface area contributed by atoms with Crippen LogP contribution in [0.15, 0.2) is 30.3 Å². The van der Waals surface area contributed by atoms with Crippen LogP contribution in [0.1, 0.15) is 31.2 Å². The summed E-state index contributed by atoms with van der Waals surface area (Å²) in [6.07, 6.45) is 3.79. The molecule has 5 nitrogen and oxygen atoms in total. The van der Waals surface area contributed by atoms with Gasteiger partial charge in [0.15, 0.2) is 0 Å². The maximum atomic E-state index is 10.7. The second kappa shape index (κ2) is 7.89. The molecule has 118 valence electrons. The van der Waals surface area contributed by atoms with E-state index in [0.29, 0.717) is 19.6 Å². The van der Waals surface area contributed by atoms with Crippen molar-refractivity contribution in [3.05, 3.63) is 35.9 Å². The van der Waals surface area contributed by atoms with Crippen LogP contribution in [0.4, 0.5) is 0 Å². The molecule has 0 saturated heterocycles. The third-order valence-electron chi connectivity index (χ3n) is 3.75. The van der Waals surface area contributed by atoms with Gasteiger partial charge in [0, 0.05) is 6.04 Å². The molecule has 0 bridgehead atoms. The molecular formula is C15H23NO4S. The van der Waals surface area contributed by atoms with E-state index < -0.39 is 10.1 Å². The number of rotatable bonds is 8. The summed E-state index contributed by atoms with van der Waals surface area (Å²) in [5.74, 6) is -0.192. The molecule has 0 heterocycles. The van der Waals surface area contributed by atoms with Crippen LogP contribution >= 0.6 is 0 Å². The Morgan fingerprint density at radius 2 is 2.00 bits per heavy atom. The molecule has 21 heavy (non-hydrogen) atoms. The fourth-order valence-corrected chi connectivity index (χ4v) is 3.19. The average molecular weight is 313 g/mol. The molecule has 1 aromatic carbocycles. The molecule has 6 heteroatoms. The van der Waals surface area contributed by atoms with Crippen LogP contribution in [-0.2, 0) is 21.5 Å². The summed E-state index contributed by atoms with van der Waals surface area (Å²) < 4.78 is 36.0. The Balaban J connectivity index is 1.70. The van der Waals surface area contributed by atoms with Gasteiger partial charge in [-0.2, -0.15) is 8.42 Å². The van der Waals surface area contributed by atoms with E-state index in [9.17, 15) is 8.42 Å². The molecule has 1 aliphatic rings. The summed E-state index contributed by atoms with van der Waals surface area (Å²) in [4.78, 5) is 0. The molecule has 0 unspecified atom stereocenters. The van der Waals surface area contributed by atoms with Crippen molar-refractivity contribution in [3.63, 3.8) is 0 Å². The summed E-state index contributed by atoms with van der Waals surface area (Å²) in [7, 11) is -3.85. The Bertz CT molecular complexity index is 518. The van der Waals surface area contributed by atoms with Gasteiger partial charge < -0.3 is 10.1 Å². The molecule has 2 atom stereocenters. The Labute approximate surface area is 126 Å². The van der Waals surface area contributed by atoms with Crippen molar-refractivity contribution < 1.29 is 17.7 Å². The minimum absolute atomic E-state index is 0.177. The smallest absolute Gasteiger partial charge is 0.264 e. The van der Waals surface area contributed by atoms with Gasteiger partial charge in [-0.25, -0.2) is 0 Å². The molecule has 0 aliphatic heterocycles. The highest BCUT2D eigenvalue weighted by atomic mass is 32.2. The molecular weight excluding hydrogens is 290 g/mol. The van der Waals surface area contributed by atoms with Gasteiger partial charge in [0.05, 0.1) is 18.5 Å². The molecule has 0 amide bonds. The largest absolute Gasteiger partial charge is 0.372 e. The molecule has 0 aromatic heterocycles. The molecule has 0 radical (unpaired) electrons. The molecule has 1 fully saturated rings. The standard InChI is InChI=1S/C15H23NO4S/c17-21(18,19)11-5-10-16-14-8-4-9-15(14)20-12-13-6-2-1-3-7-13/h1-3,6-7,14-16H,4-5,8-12H2,(H,17,18,19)/t14-,15-/m0/s1. The first-order valence-electron chi connectivity index (χ1n) is 7.39. The summed E-state index contributed by atoms with van der Waals surface area (Å²) in [5, 5.41) is 3.34. The monoisotopic (exact) mass is 313 g/mol. The fourth-order valence-electron chi connectivity index (χ4n) is 2.68. The van der Waals surface area contributed by atoms with Crippen molar-refractivity contribution >= 4 is 10.1 Å². The third-order valence-corrected chi connectivity index (χ3v) is 4.55. The van der Waals surface area contributed by atoms with Crippen molar-refractivity contribution in [2.75, 3.05) is 12.3 Å². The Hall–Kier alpha value is -0.950. The zero-order valence-electron chi connectivity index (χ0n) is 12.1. The summed E-state index contributed by atoms with van der Waals surface area (Å²) in [6, 6.07) is 10.3. The molecule has 2 rings (SSSR count). The highest BCUT2D eigenvalue weighted by Crippen LogP contribution is 2.23. The Kier molecular flexibility index (Phi) is 6.17. The first kappa shape index (κ1) is 16.4. The zero-order valence-corrected chi connectivity index (χ0v) is 12.9. The highest BCUT2D eigenvalue weighted by molar-refractivity contribution is 7.85. The summed E-state index contributed by atoms with van der Waals surface area (Å²) in [6.45, 7) is 1.18. The lowest BCUT2D eigenvalue weighted by Crippen LogP contribution is -2.38. The van der Waals surface area contributed by atoms with E-state index in [1.54, 1.807) is 0 Å². The first-order valence-corrected chi connectivity index (χ1v) is 8.99. The predicted octanol–water partition coefficient (Wildman–Crippen LogP) is 1.99.